The van der Waals surface area contributed by atoms with Crippen LogP contribution in [0.25, 0.3) is 0 Å². The summed E-state index contributed by atoms with van der Waals surface area (Å²) in [7, 11) is 0. The molecule has 2 N–H and O–H groups in total. The van der Waals surface area contributed by atoms with E-state index < -0.39 is 11.9 Å². The van der Waals surface area contributed by atoms with E-state index in [0.29, 0.717) is 38.7 Å². The van der Waals surface area contributed by atoms with Crippen molar-refractivity contribution in [2.75, 3.05) is 17.7 Å². The van der Waals surface area contributed by atoms with Gasteiger partial charge in [-0.25, -0.2) is 9.78 Å². The molecule has 1 aliphatic rings. The Morgan fingerprint density at radius 1 is 1.31 bits per heavy atom. The lowest BCUT2D eigenvalue weighted by Crippen LogP contribution is -2.31. The SMILES string of the molecule is CCOC(=O)C1=C(C)Nc2nc(SCC(C)C)[nH]c(=O)c2[C@@H]1c1ccc(Cl)cc1. The molecule has 2 heterocycles. The highest BCUT2D eigenvalue weighted by Gasteiger charge is 2.36. The second-order valence-electron chi connectivity index (χ2n) is 7.21. The number of fused-ring (bicyclic) bond motifs is 1. The van der Waals surface area contributed by atoms with Gasteiger partial charge in [-0.15, -0.1) is 0 Å². The molecule has 0 saturated heterocycles. The number of nitrogens with zero attached hydrogens (tertiary/aromatic N) is 1. The summed E-state index contributed by atoms with van der Waals surface area (Å²) in [6.07, 6.45) is 0. The fourth-order valence-corrected chi connectivity index (χ4v) is 4.15. The maximum absolute atomic E-state index is 13.1. The molecular formula is C21H24ClN3O3S. The van der Waals surface area contributed by atoms with Crippen LogP contribution in [0, 0.1) is 5.92 Å². The maximum atomic E-state index is 13.1. The van der Waals surface area contributed by atoms with Gasteiger partial charge in [0.1, 0.15) is 5.82 Å². The van der Waals surface area contributed by atoms with Gasteiger partial charge in [-0.3, -0.25) is 4.79 Å². The molecule has 8 heteroatoms. The zero-order valence-corrected chi connectivity index (χ0v) is 18.4. The molecule has 0 saturated carbocycles. The number of rotatable bonds is 6. The average molecular weight is 434 g/mol. The van der Waals surface area contributed by atoms with Crippen molar-refractivity contribution in [2.45, 2.75) is 38.8 Å². The van der Waals surface area contributed by atoms with Gasteiger partial charge in [0, 0.05) is 16.5 Å². The Morgan fingerprint density at radius 2 is 2.00 bits per heavy atom. The summed E-state index contributed by atoms with van der Waals surface area (Å²) in [5.41, 5.74) is 1.91. The molecule has 3 rings (SSSR count). The third kappa shape index (κ3) is 4.67. The highest BCUT2D eigenvalue weighted by atomic mass is 35.5. The van der Waals surface area contributed by atoms with Crippen molar-refractivity contribution in [3.05, 3.63) is 62.0 Å². The lowest BCUT2D eigenvalue weighted by molar-refractivity contribution is -0.138. The van der Waals surface area contributed by atoms with Gasteiger partial charge in [0.25, 0.3) is 5.56 Å². The number of nitrogens with one attached hydrogen (secondary N) is 2. The number of benzene rings is 1. The summed E-state index contributed by atoms with van der Waals surface area (Å²) in [6.45, 7) is 8.01. The van der Waals surface area contributed by atoms with Crippen LogP contribution in [-0.4, -0.2) is 28.3 Å². The Morgan fingerprint density at radius 3 is 2.62 bits per heavy atom. The summed E-state index contributed by atoms with van der Waals surface area (Å²) in [4.78, 5) is 33.3. The minimum absolute atomic E-state index is 0.245. The van der Waals surface area contributed by atoms with E-state index >= 15 is 0 Å². The van der Waals surface area contributed by atoms with Crippen molar-refractivity contribution < 1.29 is 9.53 Å². The molecule has 0 aliphatic carbocycles. The highest BCUT2D eigenvalue weighted by molar-refractivity contribution is 7.99. The Bertz CT molecular complexity index is 999. The second-order valence-corrected chi connectivity index (χ2v) is 8.65. The fourth-order valence-electron chi connectivity index (χ4n) is 3.21. The van der Waals surface area contributed by atoms with E-state index in [4.69, 9.17) is 16.3 Å². The number of thioether (sulfide) groups is 1. The first kappa shape index (κ1) is 21.5. The van der Waals surface area contributed by atoms with Crippen LogP contribution in [0.2, 0.25) is 5.02 Å². The van der Waals surface area contributed by atoms with Crippen LogP contribution in [-0.2, 0) is 9.53 Å². The smallest absolute Gasteiger partial charge is 0.336 e. The number of allylic oxidation sites excluding steroid dienone is 1. The molecule has 6 nitrogen and oxygen atoms in total. The molecule has 1 aliphatic heterocycles. The molecule has 0 bridgehead atoms. The molecule has 0 unspecified atom stereocenters. The topological polar surface area (TPSA) is 84.1 Å². The minimum Gasteiger partial charge on any atom is -0.463 e. The van der Waals surface area contributed by atoms with Gasteiger partial charge in [-0.1, -0.05) is 49.3 Å². The van der Waals surface area contributed by atoms with E-state index in [1.807, 2.05) is 12.1 Å². The predicted molar refractivity (Wildman–Crippen MR) is 117 cm³/mol. The Hall–Kier alpha value is -2.25. The molecular weight excluding hydrogens is 410 g/mol. The van der Waals surface area contributed by atoms with Gasteiger partial charge in [-0.05, 0) is 37.5 Å². The van der Waals surface area contributed by atoms with E-state index in [9.17, 15) is 9.59 Å². The van der Waals surface area contributed by atoms with Crippen LogP contribution in [0.3, 0.4) is 0 Å². The van der Waals surface area contributed by atoms with E-state index in [1.165, 1.54) is 11.8 Å². The maximum Gasteiger partial charge on any atom is 0.336 e. The van der Waals surface area contributed by atoms with Crippen LogP contribution >= 0.6 is 23.4 Å². The Balaban J connectivity index is 2.15. The van der Waals surface area contributed by atoms with E-state index in [-0.39, 0.29) is 12.2 Å². The number of aromatic amines is 1. The lowest BCUT2D eigenvalue weighted by Gasteiger charge is -2.28. The van der Waals surface area contributed by atoms with Crippen molar-refractivity contribution in [1.82, 2.24) is 9.97 Å². The number of hydrogen-bond donors (Lipinski definition) is 2. The lowest BCUT2D eigenvalue weighted by atomic mass is 9.82. The number of halogens is 1. The number of carbonyl (C=O) groups is 1. The zero-order chi connectivity index (χ0) is 21.1. The Kier molecular flexibility index (Phi) is 6.70. The van der Waals surface area contributed by atoms with Gasteiger partial charge in [0.2, 0.25) is 0 Å². The normalized spacial score (nSPS) is 15.9. The summed E-state index contributed by atoms with van der Waals surface area (Å²) >= 11 is 7.54. The van der Waals surface area contributed by atoms with Gasteiger partial charge in [-0.2, -0.15) is 0 Å². The number of anilines is 1. The predicted octanol–water partition coefficient (Wildman–Crippen LogP) is 4.57. The molecule has 0 amide bonds. The van der Waals surface area contributed by atoms with Gasteiger partial charge in [0.05, 0.1) is 23.7 Å². The van der Waals surface area contributed by atoms with E-state index in [2.05, 4.69) is 29.1 Å². The standard InChI is InChI=1S/C21H24ClN3O3S/c1-5-28-20(27)15-12(4)23-18-17(16(15)13-6-8-14(22)9-7-13)19(26)25-21(24-18)29-10-11(2)3/h6-9,11,16H,5,10H2,1-4H3,(H2,23,24,25,26)/t16-/m1/s1. The summed E-state index contributed by atoms with van der Waals surface area (Å²) in [6, 6.07) is 7.11. The number of esters is 1. The molecule has 29 heavy (non-hydrogen) atoms. The summed E-state index contributed by atoms with van der Waals surface area (Å²) < 4.78 is 5.27. The van der Waals surface area contributed by atoms with Gasteiger partial charge in [0.15, 0.2) is 5.16 Å². The van der Waals surface area contributed by atoms with Crippen LogP contribution < -0.4 is 10.9 Å². The number of ether oxygens (including phenoxy) is 1. The second kappa shape index (κ2) is 9.05. The monoisotopic (exact) mass is 433 g/mol. The average Bonchev–Trinajstić information content (AvgIpc) is 2.66. The van der Waals surface area contributed by atoms with Crippen molar-refractivity contribution in [3.63, 3.8) is 0 Å². The minimum atomic E-state index is -0.594. The molecule has 1 atom stereocenters. The van der Waals surface area contributed by atoms with E-state index in [0.717, 1.165) is 11.3 Å². The first-order valence-electron chi connectivity index (χ1n) is 9.49. The molecule has 1 aromatic heterocycles. The summed E-state index contributed by atoms with van der Waals surface area (Å²) in [5.74, 6) is 0.716. The van der Waals surface area contributed by atoms with Crippen LogP contribution in [0.15, 0.2) is 45.5 Å². The van der Waals surface area contributed by atoms with E-state index in [1.54, 1.807) is 26.0 Å². The molecule has 0 radical (unpaired) electrons. The largest absolute Gasteiger partial charge is 0.463 e. The molecule has 1 aromatic carbocycles. The van der Waals surface area contributed by atoms with Gasteiger partial charge >= 0.3 is 5.97 Å². The highest BCUT2D eigenvalue weighted by Crippen LogP contribution is 2.40. The summed E-state index contributed by atoms with van der Waals surface area (Å²) in [5, 5.41) is 4.27. The zero-order valence-electron chi connectivity index (χ0n) is 16.8. The fraction of sp³-hybridized carbons (Fsp3) is 0.381. The van der Waals surface area contributed by atoms with Crippen LogP contribution in [0.1, 0.15) is 44.7 Å². The number of H-pyrrole nitrogens is 1. The van der Waals surface area contributed by atoms with Crippen molar-refractivity contribution in [1.29, 1.82) is 0 Å². The van der Waals surface area contributed by atoms with Crippen molar-refractivity contribution in [3.8, 4) is 0 Å². The third-order valence-electron chi connectivity index (χ3n) is 4.47. The molecule has 154 valence electrons. The molecule has 0 fully saturated rings. The van der Waals surface area contributed by atoms with Crippen LogP contribution in [0.4, 0.5) is 5.82 Å². The van der Waals surface area contributed by atoms with Crippen LogP contribution in [0.5, 0.6) is 0 Å². The van der Waals surface area contributed by atoms with Crippen molar-refractivity contribution >= 4 is 35.1 Å². The number of hydrogen-bond acceptors (Lipinski definition) is 6. The number of aromatic nitrogens is 2. The first-order chi connectivity index (χ1) is 13.8. The first-order valence-corrected chi connectivity index (χ1v) is 10.9. The molecule has 0 spiro atoms. The number of carbonyl (C=O) groups excluding carboxylic acids is 1. The third-order valence-corrected chi connectivity index (χ3v) is 6.02. The quantitative estimate of drug-likeness (QED) is 0.394. The van der Waals surface area contributed by atoms with Crippen molar-refractivity contribution in [2.24, 2.45) is 5.92 Å². The Labute approximate surface area is 179 Å². The van der Waals surface area contributed by atoms with Gasteiger partial charge < -0.3 is 15.0 Å². The molecule has 2 aromatic rings.